The van der Waals surface area contributed by atoms with Crippen molar-refractivity contribution in [2.45, 2.75) is 51.2 Å². The molecular formula is C22H27NO6. The molecule has 0 radical (unpaired) electrons. The molecule has 0 aliphatic carbocycles. The van der Waals surface area contributed by atoms with Crippen LogP contribution in [0.5, 0.6) is 5.75 Å². The van der Waals surface area contributed by atoms with Crippen LogP contribution in [0, 0.1) is 0 Å². The van der Waals surface area contributed by atoms with Crippen molar-refractivity contribution in [3.05, 3.63) is 65.7 Å². The fourth-order valence-corrected chi connectivity index (χ4v) is 3.43. The Balaban J connectivity index is 2.06. The van der Waals surface area contributed by atoms with Crippen LogP contribution in [-0.2, 0) is 14.3 Å². The number of hydrogen-bond acceptors (Lipinski definition) is 6. The van der Waals surface area contributed by atoms with E-state index in [0.717, 1.165) is 0 Å². The average molecular weight is 401 g/mol. The van der Waals surface area contributed by atoms with E-state index in [-0.39, 0.29) is 0 Å². The van der Waals surface area contributed by atoms with Crippen molar-refractivity contribution in [1.82, 2.24) is 4.90 Å². The number of nitrogens with zero attached hydrogens (tertiary/aromatic N) is 1. The summed E-state index contributed by atoms with van der Waals surface area (Å²) in [7, 11) is 1.57. The molecule has 1 saturated heterocycles. The summed E-state index contributed by atoms with van der Waals surface area (Å²) in [4.78, 5) is 13.6. The molecule has 1 aliphatic heterocycles. The molecule has 0 bridgehead atoms. The van der Waals surface area contributed by atoms with Crippen LogP contribution in [0.4, 0.5) is 0 Å². The zero-order chi connectivity index (χ0) is 21.2. The number of hydrogen-bond donors (Lipinski definition) is 2. The first-order valence-electron chi connectivity index (χ1n) is 9.42. The molecular weight excluding hydrogens is 374 g/mol. The quantitative estimate of drug-likeness (QED) is 0.718. The molecule has 0 aromatic heterocycles. The highest BCUT2D eigenvalue weighted by molar-refractivity contribution is 5.74. The summed E-state index contributed by atoms with van der Waals surface area (Å²) in [6.07, 6.45) is -3.37. The molecule has 4 atom stereocenters. The molecule has 1 aliphatic rings. The number of aliphatic hydroxyl groups excluding tert-OH is 1. The third-order valence-electron chi connectivity index (χ3n) is 4.65. The number of aliphatic carboxylic acids is 1. The molecule has 2 aromatic carbocycles. The summed E-state index contributed by atoms with van der Waals surface area (Å²) in [5.74, 6) is -0.443. The van der Waals surface area contributed by atoms with Crippen molar-refractivity contribution in [3.8, 4) is 5.75 Å². The summed E-state index contributed by atoms with van der Waals surface area (Å²) in [5.41, 5.74) is 0.756. The van der Waals surface area contributed by atoms with E-state index in [9.17, 15) is 15.0 Å². The first-order chi connectivity index (χ1) is 13.7. The molecule has 2 aromatic rings. The number of carbonyl (C=O) groups is 1. The standard InChI is InChI=1S/C22H27NO6/c1-22(2,3)29-21(26)23-17(14-8-6-5-7-9-14)18(20(24)25)28-19(23)15-10-12-16(27-4)13-11-15/h5-13,17-19,21,26H,1-4H3,(H,24,25). The number of methoxy groups -OCH3 is 1. The fraction of sp³-hybridized carbons (Fsp3) is 0.409. The molecule has 7 heteroatoms. The van der Waals surface area contributed by atoms with Crippen LogP contribution < -0.4 is 4.74 Å². The summed E-state index contributed by atoms with van der Waals surface area (Å²) >= 11 is 0. The lowest BCUT2D eigenvalue weighted by Crippen LogP contribution is -2.44. The fourth-order valence-electron chi connectivity index (χ4n) is 3.43. The minimum atomic E-state index is -1.38. The van der Waals surface area contributed by atoms with Gasteiger partial charge in [-0.2, -0.15) is 0 Å². The molecule has 1 fully saturated rings. The summed E-state index contributed by atoms with van der Waals surface area (Å²) in [6.45, 7) is 5.46. The van der Waals surface area contributed by atoms with Crippen LogP contribution in [0.2, 0.25) is 0 Å². The molecule has 3 rings (SSSR count). The van der Waals surface area contributed by atoms with E-state index < -0.39 is 36.4 Å². The van der Waals surface area contributed by atoms with Crippen LogP contribution in [0.1, 0.15) is 44.2 Å². The Hall–Kier alpha value is -2.45. The van der Waals surface area contributed by atoms with E-state index in [1.807, 2.05) is 51.1 Å². The predicted octanol–water partition coefficient (Wildman–Crippen LogP) is 3.31. The topological polar surface area (TPSA) is 88.5 Å². The van der Waals surface area contributed by atoms with Crippen molar-refractivity contribution < 1.29 is 29.2 Å². The molecule has 0 saturated carbocycles. The van der Waals surface area contributed by atoms with Crippen LogP contribution >= 0.6 is 0 Å². The molecule has 0 amide bonds. The Labute approximate surface area is 170 Å². The number of aliphatic hydroxyl groups is 1. The van der Waals surface area contributed by atoms with E-state index >= 15 is 0 Å². The van der Waals surface area contributed by atoms with Crippen molar-refractivity contribution in [2.75, 3.05) is 7.11 Å². The second kappa shape index (κ2) is 8.51. The van der Waals surface area contributed by atoms with E-state index in [1.54, 1.807) is 36.3 Å². The lowest BCUT2D eigenvalue weighted by Gasteiger charge is -2.36. The SMILES string of the molecule is COc1ccc(C2OC(C(=O)O)C(c3ccccc3)N2C(O)OC(C)(C)C)cc1. The van der Waals surface area contributed by atoms with Crippen molar-refractivity contribution >= 4 is 5.97 Å². The number of rotatable bonds is 6. The van der Waals surface area contributed by atoms with Crippen molar-refractivity contribution in [1.29, 1.82) is 0 Å². The molecule has 1 heterocycles. The first kappa shape index (κ1) is 21.3. The van der Waals surface area contributed by atoms with Gasteiger partial charge in [-0.3, -0.25) is 0 Å². The van der Waals surface area contributed by atoms with Crippen LogP contribution in [-0.4, -0.2) is 46.3 Å². The highest BCUT2D eigenvalue weighted by Crippen LogP contribution is 2.45. The molecule has 4 unspecified atom stereocenters. The Morgan fingerprint density at radius 2 is 1.69 bits per heavy atom. The van der Waals surface area contributed by atoms with E-state index in [2.05, 4.69) is 0 Å². The predicted molar refractivity (Wildman–Crippen MR) is 106 cm³/mol. The van der Waals surface area contributed by atoms with Crippen LogP contribution in [0.25, 0.3) is 0 Å². The van der Waals surface area contributed by atoms with Gasteiger partial charge in [0.1, 0.15) is 12.0 Å². The molecule has 7 nitrogen and oxygen atoms in total. The highest BCUT2D eigenvalue weighted by Gasteiger charge is 2.50. The van der Waals surface area contributed by atoms with Gasteiger partial charge in [0.2, 0.25) is 6.41 Å². The average Bonchev–Trinajstić information content (AvgIpc) is 3.08. The van der Waals surface area contributed by atoms with Gasteiger partial charge >= 0.3 is 5.97 Å². The van der Waals surface area contributed by atoms with Gasteiger partial charge in [-0.15, -0.1) is 0 Å². The van der Waals surface area contributed by atoms with E-state index in [1.165, 1.54) is 0 Å². The maximum Gasteiger partial charge on any atom is 0.334 e. The van der Waals surface area contributed by atoms with Gasteiger partial charge in [0.25, 0.3) is 0 Å². The summed E-state index contributed by atoms with van der Waals surface area (Å²) in [5, 5.41) is 20.8. The maximum atomic E-state index is 12.0. The van der Waals surface area contributed by atoms with Gasteiger partial charge in [0.15, 0.2) is 6.10 Å². The van der Waals surface area contributed by atoms with Crippen molar-refractivity contribution in [2.24, 2.45) is 0 Å². The van der Waals surface area contributed by atoms with E-state index in [4.69, 9.17) is 14.2 Å². The van der Waals surface area contributed by atoms with Gasteiger partial charge in [0, 0.05) is 0 Å². The molecule has 29 heavy (non-hydrogen) atoms. The summed E-state index contributed by atoms with van der Waals surface area (Å²) < 4.78 is 16.9. The highest BCUT2D eigenvalue weighted by atomic mass is 16.7. The Kier molecular flexibility index (Phi) is 6.24. The van der Waals surface area contributed by atoms with Gasteiger partial charge in [0.05, 0.1) is 18.8 Å². The van der Waals surface area contributed by atoms with Crippen LogP contribution in [0.3, 0.4) is 0 Å². The Morgan fingerprint density at radius 3 is 2.21 bits per heavy atom. The number of carboxylic acid groups (broad SMARTS) is 1. The van der Waals surface area contributed by atoms with Crippen LogP contribution in [0.15, 0.2) is 54.6 Å². The number of ether oxygens (including phenoxy) is 3. The van der Waals surface area contributed by atoms with Crippen molar-refractivity contribution in [3.63, 3.8) is 0 Å². The zero-order valence-electron chi connectivity index (χ0n) is 17.0. The monoisotopic (exact) mass is 401 g/mol. The summed E-state index contributed by atoms with van der Waals surface area (Å²) in [6, 6.07) is 15.5. The van der Waals surface area contributed by atoms with E-state index in [0.29, 0.717) is 16.9 Å². The first-order valence-corrected chi connectivity index (χ1v) is 9.42. The number of carboxylic acids is 1. The second-order valence-electron chi connectivity index (χ2n) is 7.88. The third-order valence-corrected chi connectivity index (χ3v) is 4.65. The zero-order valence-corrected chi connectivity index (χ0v) is 17.0. The molecule has 2 N–H and O–H groups in total. The van der Waals surface area contributed by atoms with Gasteiger partial charge in [-0.1, -0.05) is 42.5 Å². The minimum Gasteiger partial charge on any atom is -0.497 e. The second-order valence-corrected chi connectivity index (χ2v) is 7.88. The normalized spacial score (nSPS) is 23.7. The molecule has 0 spiro atoms. The van der Waals surface area contributed by atoms with Gasteiger partial charge in [-0.25, -0.2) is 9.69 Å². The lowest BCUT2D eigenvalue weighted by atomic mass is 10.0. The largest absolute Gasteiger partial charge is 0.497 e. The Morgan fingerprint density at radius 1 is 1.07 bits per heavy atom. The smallest absolute Gasteiger partial charge is 0.334 e. The minimum absolute atomic E-state index is 0.646. The maximum absolute atomic E-state index is 12.0. The van der Waals surface area contributed by atoms with Gasteiger partial charge in [-0.05, 0) is 44.0 Å². The lowest BCUT2D eigenvalue weighted by molar-refractivity contribution is -0.262. The number of benzene rings is 2. The van der Waals surface area contributed by atoms with Gasteiger partial charge < -0.3 is 24.4 Å². The molecule has 156 valence electrons. The third kappa shape index (κ3) is 4.76. The Bertz CT molecular complexity index is 817.